The molecule has 0 spiro atoms. The molecule has 0 fully saturated rings. The third-order valence-electron chi connectivity index (χ3n) is 4.34. The minimum Gasteiger partial charge on any atom is -0.339 e. The first-order valence-corrected chi connectivity index (χ1v) is 11.3. The fourth-order valence-electron chi connectivity index (χ4n) is 2.93. The highest BCUT2D eigenvalue weighted by Crippen LogP contribution is 2.31. The van der Waals surface area contributed by atoms with Crippen LogP contribution in [0.25, 0.3) is 10.8 Å². The Morgan fingerprint density at radius 3 is 2.19 bits per heavy atom. The summed E-state index contributed by atoms with van der Waals surface area (Å²) in [6, 6.07) is 18.5. The summed E-state index contributed by atoms with van der Waals surface area (Å²) in [7, 11) is 0. The molecule has 0 unspecified atom stereocenters. The van der Waals surface area contributed by atoms with Crippen molar-refractivity contribution in [3.63, 3.8) is 0 Å². The monoisotopic (exact) mass is 533 g/mol. The molecule has 31 heavy (non-hydrogen) atoms. The lowest BCUT2D eigenvalue weighted by Crippen LogP contribution is -2.56. The van der Waals surface area contributed by atoms with E-state index in [4.69, 9.17) is 70.2 Å². The first kappa shape index (κ1) is 24.2. The zero-order valence-corrected chi connectivity index (χ0v) is 20.4. The molecule has 0 saturated heterocycles. The number of fused-ring (bicyclic) bond motifs is 1. The summed E-state index contributed by atoms with van der Waals surface area (Å²) in [5.41, 5.74) is 1.25. The Labute approximate surface area is 210 Å². The summed E-state index contributed by atoms with van der Waals surface area (Å²) >= 11 is 35.8. The predicted molar refractivity (Wildman–Crippen MR) is 136 cm³/mol. The molecule has 1 amide bonds. The average Bonchev–Trinajstić information content (AvgIpc) is 2.70. The van der Waals surface area contributed by atoms with Crippen LogP contribution in [-0.4, -0.2) is 21.0 Å². The van der Waals surface area contributed by atoms with Gasteiger partial charge in [0.15, 0.2) is 5.11 Å². The van der Waals surface area contributed by atoms with Gasteiger partial charge in [-0.2, -0.15) is 0 Å². The third-order valence-corrected chi connectivity index (χ3v) is 5.84. The molecule has 3 rings (SSSR count). The van der Waals surface area contributed by atoms with Gasteiger partial charge in [0.25, 0.3) is 0 Å². The molecule has 0 aliphatic carbocycles. The van der Waals surface area contributed by atoms with Crippen LogP contribution in [0.2, 0.25) is 10.0 Å². The molecule has 10 heteroatoms. The molecule has 0 bridgehead atoms. The standard InChI is InChI=1S/C21H16Cl5N3OS/c22-15-9-4-10-16(23)18(15)28-20(31)29-19(21(24,25)26)27-17(30)11-13-7-3-6-12-5-1-2-8-14(12)13/h1-10,19H,11H2,(H,27,30)(H2,28,29,31)/t19-/m0/s1. The molecule has 0 heterocycles. The molecular weight excluding hydrogens is 520 g/mol. The van der Waals surface area contributed by atoms with Gasteiger partial charge in [0.2, 0.25) is 9.70 Å². The minimum atomic E-state index is -1.88. The summed E-state index contributed by atoms with van der Waals surface area (Å²) in [4.78, 5) is 12.7. The van der Waals surface area contributed by atoms with Crippen molar-refractivity contribution in [2.75, 3.05) is 5.32 Å². The molecule has 0 saturated carbocycles. The van der Waals surface area contributed by atoms with Gasteiger partial charge in [-0.1, -0.05) is 107 Å². The van der Waals surface area contributed by atoms with Crippen molar-refractivity contribution in [3.8, 4) is 0 Å². The van der Waals surface area contributed by atoms with Gasteiger partial charge in [0, 0.05) is 0 Å². The van der Waals surface area contributed by atoms with E-state index in [9.17, 15) is 4.79 Å². The van der Waals surface area contributed by atoms with E-state index in [0.29, 0.717) is 15.7 Å². The van der Waals surface area contributed by atoms with E-state index >= 15 is 0 Å². The Kier molecular flexibility index (Phi) is 8.14. The number of carbonyl (C=O) groups is 1. The Balaban J connectivity index is 1.71. The lowest BCUT2D eigenvalue weighted by Gasteiger charge is -2.28. The molecule has 0 aliphatic heterocycles. The van der Waals surface area contributed by atoms with E-state index < -0.39 is 9.96 Å². The second-order valence-corrected chi connectivity index (χ2v) is 10.1. The molecule has 3 aromatic rings. The number of hydrogen-bond donors (Lipinski definition) is 3. The number of carbonyl (C=O) groups excluding carboxylic acids is 1. The largest absolute Gasteiger partial charge is 0.339 e. The van der Waals surface area contributed by atoms with Crippen LogP contribution in [0.5, 0.6) is 0 Å². The van der Waals surface area contributed by atoms with Crippen LogP contribution < -0.4 is 16.0 Å². The van der Waals surface area contributed by atoms with E-state index in [1.165, 1.54) is 0 Å². The van der Waals surface area contributed by atoms with E-state index in [0.717, 1.165) is 16.3 Å². The fraction of sp³-hybridized carbons (Fsp3) is 0.143. The van der Waals surface area contributed by atoms with Crippen LogP contribution in [0.4, 0.5) is 5.69 Å². The number of thiocarbonyl (C=S) groups is 1. The molecule has 4 nitrogen and oxygen atoms in total. The molecular formula is C21H16Cl5N3OS. The summed E-state index contributed by atoms with van der Waals surface area (Å²) in [5, 5.41) is 11.1. The van der Waals surface area contributed by atoms with Crippen molar-refractivity contribution in [1.29, 1.82) is 0 Å². The Bertz CT molecular complexity index is 1090. The van der Waals surface area contributed by atoms with Gasteiger partial charge in [-0.3, -0.25) is 4.79 Å². The van der Waals surface area contributed by atoms with E-state index in [2.05, 4.69) is 16.0 Å². The van der Waals surface area contributed by atoms with Crippen LogP contribution in [0.15, 0.2) is 60.7 Å². The van der Waals surface area contributed by atoms with Gasteiger partial charge in [-0.05, 0) is 40.7 Å². The molecule has 3 N–H and O–H groups in total. The van der Waals surface area contributed by atoms with Gasteiger partial charge in [0.1, 0.15) is 6.17 Å². The van der Waals surface area contributed by atoms with Crippen LogP contribution in [0.3, 0.4) is 0 Å². The SMILES string of the molecule is O=C(Cc1cccc2ccccc12)N[C@@H](NC(=S)Nc1c(Cl)cccc1Cl)C(Cl)(Cl)Cl. The first-order valence-electron chi connectivity index (χ1n) is 8.99. The van der Waals surface area contributed by atoms with E-state index in [-0.39, 0.29) is 17.4 Å². The number of halogens is 5. The number of nitrogens with one attached hydrogen (secondary N) is 3. The molecule has 162 valence electrons. The molecule has 3 aromatic carbocycles. The zero-order chi connectivity index (χ0) is 22.6. The molecule has 0 aromatic heterocycles. The normalized spacial score (nSPS) is 12.3. The average molecular weight is 536 g/mol. The second kappa shape index (κ2) is 10.4. The topological polar surface area (TPSA) is 53.2 Å². The summed E-state index contributed by atoms with van der Waals surface area (Å²) in [5.74, 6) is -0.348. The number of anilines is 1. The number of alkyl halides is 3. The number of hydrogen-bond acceptors (Lipinski definition) is 2. The lowest BCUT2D eigenvalue weighted by atomic mass is 10.0. The molecule has 0 radical (unpaired) electrons. The van der Waals surface area contributed by atoms with Crippen molar-refractivity contribution < 1.29 is 4.79 Å². The first-order chi connectivity index (χ1) is 14.6. The maximum absolute atomic E-state index is 12.7. The highest BCUT2D eigenvalue weighted by Gasteiger charge is 2.34. The number of rotatable bonds is 5. The van der Waals surface area contributed by atoms with E-state index in [1.807, 2.05) is 42.5 Å². The maximum Gasteiger partial charge on any atom is 0.228 e. The third kappa shape index (κ3) is 6.51. The van der Waals surface area contributed by atoms with Gasteiger partial charge < -0.3 is 16.0 Å². The summed E-state index contributed by atoms with van der Waals surface area (Å²) in [6.45, 7) is 0. The van der Waals surface area contributed by atoms with Gasteiger partial charge in [-0.15, -0.1) is 0 Å². The molecule has 1 atom stereocenters. The predicted octanol–water partition coefficient (Wildman–Crippen LogP) is 6.49. The van der Waals surface area contributed by atoms with Crippen LogP contribution in [0, 0.1) is 0 Å². The van der Waals surface area contributed by atoms with E-state index in [1.54, 1.807) is 18.2 Å². The van der Waals surface area contributed by atoms with Crippen LogP contribution in [-0.2, 0) is 11.2 Å². The van der Waals surface area contributed by atoms with Crippen molar-refractivity contribution in [2.45, 2.75) is 16.4 Å². The minimum absolute atomic E-state index is 0.0665. The maximum atomic E-state index is 12.7. The van der Waals surface area contributed by atoms with Gasteiger partial charge in [0.05, 0.1) is 22.2 Å². The highest BCUT2D eigenvalue weighted by atomic mass is 35.6. The summed E-state index contributed by atoms with van der Waals surface area (Å²) in [6.07, 6.45) is -1.02. The Hall–Kier alpha value is -1.47. The van der Waals surface area contributed by atoms with Crippen LogP contribution in [0.1, 0.15) is 5.56 Å². The van der Waals surface area contributed by atoms with Crippen molar-refractivity contribution in [2.24, 2.45) is 0 Å². The van der Waals surface area contributed by atoms with Crippen molar-refractivity contribution in [1.82, 2.24) is 10.6 Å². The quantitative estimate of drug-likeness (QED) is 0.199. The molecule has 0 aliphatic rings. The Morgan fingerprint density at radius 1 is 0.903 bits per heavy atom. The smallest absolute Gasteiger partial charge is 0.228 e. The van der Waals surface area contributed by atoms with Crippen molar-refractivity contribution >= 4 is 97.7 Å². The highest BCUT2D eigenvalue weighted by molar-refractivity contribution is 7.80. The Morgan fingerprint density at radius 2 is 1.52 bits per heavy atom. The van der Waals surface area contributed by atoms with Crippen molar-refractivity contribution in [3.05, 3.63) is 76.3 Å². The van der Waals surface area contributed by atoms with Gasteiger partial charge in [-0.25, -0.2) is 0 Å². The van der Waals surface area contributed by atoms with Crippen LogP contribution >= 0.6 is 70.2 Å². The van der Waals surface area contributed by atoms with Gasteiger partial charge >= 0.3 is 0 Å². The summed E-state index contributed by atoms with van der Waals surface area (Å²) < 4.78 is -1.88. The number of amides is 1. The second-order valence-electron chi connectivity index (χ2n) is 6.55. The lowest BCUT2D eigenvalue weighted by molar-refractivity contribution is -0.121. The number of benzene rings is 3. The number of para-hydroxylation sites is 1. The zero-order valence-electron chi connectivity index (χ0n) is 15.8. The fourth-order valence-corrected chi connectivity index (χ4v) is 3.97.